The lowest BCUT2D eigenvalue weighted by atomic mass is 9.93. The van der Waals surface area contributed by atoms with Crippen LogP contribution >= 0.6 is 11.3 Å². The van der Waals surface area contributed by atoms with Crippen molar-refractivity contribution in [2.75, 3.05) is 59.0 Å². The molecule has 3 heterocycles. The Morgan fingerprint density at radius 3 is 2.42 bits per heavy atom. The lowest BCUT2D eigenvalue weighted by Crippen LogP contribution is -2.44. The molecule has 3 aromatic carbocycles. The summed E-state index contributed by atoms with van der Waals surface area (Å²) in [5, 5.41) is 11.8. The first-order valence-electron chi connectivity index (χ1n) is 15.5. The number of non-ortho nitro benzene ring substituents is 1. The number of anilines is 1. The number of esters is 1. The predicted molar refractivity (Wildman–Crippen MR) is 183 cm³/mol. The lowest BCUT2D eigenvalue weighted by molar-refractivity contribution is -0.384. The number of likely N-dealkylation sites (N-methyl/N-ethyl adjacent to an activating group) is 1. The van der Waals surface area contributed by atoms with E-state index in [4.69, 9.17) is 19.2 Å². The van der Waals surface area contributed by atoms with Gasteiger partial charge in [0.05, 0.1) is 47.6 Å². The monoisotopic (exact) mass is 669 g/mol. The molecule has 1 saturated heterocycles. The molecule has 6 rings (SSSR count). The number of nitrogens with zero attached hydrogens (tertiary/aromatic N) is 5. The molecule has 0 saturated carbocycles. The van der Waals surface area contributed by atoms with Gasteiger partial charge in [-0.25, -0.2) is 9.79 Å². The van der Waals surface area contributed by atoms with Crippen molar-refractivity contribution in [3.8, 4) is 11.5 Å². The number of thiazole rings is 1. The molecule has 0 N–H and O–H groups in total. The van der Waals surface area contributed by atoms with E-state index in [0.29, 0.717) is 43.2 Å². The Morgan fingerprint density at radius 2 is 1.75 bits per heavy atom. The minimum Gasteiger partial charge on any atom is -0.493 e. The van der Waals surface area contributed by atoms with Crippen LogP contribution in [-0.2, 0) is 9.53 Å². The van der Waals surface area contributed by atoms with Crippen LogP contribution in [0.15, 0.2) is 82.1 Å². The second-order valence-corrected chi connectivity index (χ2v) is 12.3. The number of hydrogen-bond acceptors (Lipinski definition) is 11. The largest absolute Gasteiger partial charge is 0.493 e. The Kier molecular flexibility index (Phi) is 9.42. The van der Waals surface area contributed by atoms with Gasteiger partial charge in [-0.3, -0.25) is 19.5 Å². The van der Waals surface area contributed by atoms with Gasteiger partial charge in [0.25, 0.3) is 11.2 Å². The molecule has 248 valence electrons. The van der Waals surface area contributed by atoms with Gasteiger partial charge in [-0.15, -0.1) is 0 Å². The van der Waals surface area contributed by atoms with E-state index in [-0.39, 0.29) is 17.9 Å². The maximum Gasteiger partial charge on any atom is 0.338 e. The number of hydrogen-bond donors (Lipinski definition) is 0. The van der Waals surface area contributed by atoms with E-state index in [9.17, 15) is 19.7 Å². The second-order valence-electron chi connectivity index (χ2n) is 11.3. The number of fused-ring (bicyclic) bond motifs is 1. The average molecular weight is 670 g/mol. The average Bonchev–Trinajstić information content (AvgIpc) is 3.41. The topological polar surface area (TPSA) is 129 Å². The van der Waals surface area contributed by atoms with Crippen LogP contribution in [0.25, 0.3) is 11.8 Å². The van der Waals surface area contributed by atoms with E-state index < -0.39 is 22.5 Å². The quantitative estimate of drug-likeness (QED) is 0.149. The Labute approximate surface area is 280 Å². The molecule has 4 aromatic rings. The van der Waals surface area contributed by atoms with E-state index in [1.165, 1.54) is 30.9 Å². The van der Waals surface area contributed by atoms with E-state index in [2.05, 4.69) is 16.8 Å². The summed E-state index contributed by atoms with van der Waals surface area (Å²) in [6, 6.07) is 18.3. The number of methoxy groups -OCH3 is 2. The molecule has 0 radical (unpaired) electrons. The summed E-state index contributed by atoms with van der Waals surface area (Å²) in [6.07, 6.45) is 1.69. The molecular formula is C35H35N5O7S. The molecule has 1 aromatic heterocycles. The molecule has 0 spiro atoms. The smallest absolute Gasteiger partial charge is 0.338 e. The van der Waals surface area contributed by atoms with Crippen molar-refractivity contribution in [1.29, 1.82) is 0 Å². The highest BCUT2D eigenvalue weighted by atomic mass is 32.1. The highest BCUT2D eigenvalue weighted by Gasteiger charge is 2.36. The zero-order chi connectivity index (χ0) is 33.9. The van der Waals surface area contributed by atoms with Crippen LogP contribution in [-0.4, -0.2) is 74.4 Å². The molecule has 1 fully saturated rings. The zero-order valence-electron chi connectivity index (χ0n) is 27.0. The van der Waals surface area contributed by atoms with Gasteiger partial charge in [-0.1, -0.05) is 47.7 Å². The number of nitro benzene ring substituents is 1. The Bertz CT molecular complexity index is 2080. The van der Waals surface area contributed by atoms with Gasteiger partial charge in [0.15, 0.2) is 16.3 Å². The first-order chi connectivity index (χ1) is 23.2. The third-order valence-electron chi connectivity index (χ3n) is 8.45. The van der Waals surface area contributed by atoms with Crippen molar-refractivity contribution in [2.24, 2.45) is 4.99 Å². The van der Waals surface area contributed by atoms with Gasteiger partial charge < -0.3 is 24.0 Å². The van der Waals surface area contributed by atoms with E-state index >= 15 is 0 Å². The van der Waals surface area contributed by atoms with Crippen LogP contribution in [0.1, 0.15) is 29.7 Å². The Hall–Kier alpha value is -5.27. The van der Waals surface area contributed by atoms with Crippen LogP contribution < -0.4 is 29.3 Å². The van der Waals surface area contributed by atoms with Crippen molar-refractivity contribution >= 4 is 40.5 Å². The highest BCUT2D eigenvalue weighted by molar-refractivity contribution is 7.07. The van der Waals surface area contributed by atoms with Crippen molar-refractivity contribution in [3.05, 3.63) is 119 Å². The molecule has 2 aliphatic heterocycles. The van der Waals surface area contributed by atoms with Crippen molar-refractivity contribution < 1.29 is 23.9 Å². The summed E-state index contributed by atoms with van der Waals surface area (Å²) in [5.74, 6) is 0.304. The van der Waals surface area contributed by atoms with Crippen molar-refractivity contribution in [1.82, 2.24) is 9.47 Å². The van der Waals surface area contributed by atoms with Gasteiger partial charge >= 0.3 is 5.97 Å². The summed E-state index contributed by atoms with van der Waals surface area (Å²) in [5.41, 5.74) is 2.72. The number of nitro groups is 1. The number of ether oxygens (including phenoxy) is 3. The van der Waals surface area contributed by atoms with Gasteiger partial charge in [-0.2, -0.15) is 0 Å². The SMILES string of the molecule is CCOC(=O)C1=C(c2ccccc2)N=c2sc(=Cc3cc([N+](=O)[O-])ccc3N3CCN(C)CC3)c(=O)n2[C@H]1c1ccc(OC)c(OC)c1. The van der Waals surface area contributed by atoms with E-state index in [0.717, 1.165) is 43.2 Å². The molecule has 13 heteroatoms. The lowest BCUT2D eigenvalue weighted by Gasteiger charge is -2.34. The Morgan fingerprint density at radius 1 is 1.02 bits per heavy atom. The second kappa shape index (κ2) is 13.8. The van der Waals surface area contributed by atoms with Crippen LogP contribution in [0, 0.1) is 10.1 Å². The van der Waals surface area contributed by atoms with Crippen LogP contribution in [0.4, 0.5) is 11.4 Å². The maximum atomic E-state index is 14.5. The van der Waals surface area contributed by atoms with Gasteiger partial charge in [0.1, 0.15) is 0 Å². The zero-order valence-corrected chi connectivity index (χ0v) is 27.9. The first-order valence-corrected chi connectivity index (χ1v) is 16.3. The van der Waals surface area contributed by atoms with Crippen molar-refractivity contribution in [2.45, 2.75) is 13.0 Å². The van der Waals surface area contributed by atoms with Gasteiger partial charge in [0, 0.05) is 55.1 Å². The highest BCUT2D eigenvalue weighted by Crippen LogP contribution is 2.38. The normalized spacial score (nSPS) is 16.7. The van der Waals surface area contributed by atoms with Crippen LogP contribution in [0.3, 0.4) is 0 Å². The molecule has 2 aliphatic rings. The van der Waals surface area contributed by atoms with Crippen molar-refractivity contribution in [3.63, 3.8) is 0 Å². The summed E-state index contributed by atoms with van der Waals surface area (Å²) in [6.45, 7) is 4.98. The Balaban J connectivity index is 1.62. The molecular weight excluding hydrogens is 634 g/mol. The molecule has 0 unspecified atom stereocenters. The molecule has 1 atom stereocenters. The third-order valence-corrected chi connectivity index (χ3v) is 9.43. The van der Waals surface area contributed by atoms with E-state index in [1.807, 2.05) is 30.3 Å². The number of carbonyl (C=O) groups is 1. The number of carbonyl (C=O) groups excluding carboxylic acids is 1. The number of piperazine rings is 1. The number of rotatable bonds is 9. The minimum atomic E-state index is -0.931. The van der Waals surface area contributed by atoms with Gasteiger partial charge in [-0.05, 0) is 43.8 Å². The molecule has 0 aliphatic carbocycles. The van der Waals surface area contributed by atoms with Crippen LogP contribution in [0.2, 0.25) is 0 Å². The van der Waals surface area contributed by atoms with E-state index in [1.54, 1.807) is 37.3 Å². The predicted octanol–water partition coefficient (Wildman–Crippen LogP) is 3.61. The number of aromatic nitrogens is 1. The fourth-order valence-corrected chi connectivity index (χ4v) is 7.02. The fourth-order valence-electron chi connectivity index (χ4n) is 6.03. The fraction of sp³-hybridized carbons (Fsp3) is 0.286. The van der Waals surface area contributed by atoms with Crippen LogP contribution in [0.5, 0.6) is 11.5 Å². The maximum absolute atomic E-state index is 14.5. The molecule has 48 heavy (non-hydrogen) atoms. The molecule has 0 amide bonds. The first kappa shape index (κ1) is 32.7. The minimum absolute atomic E-state index is 0.0777. The summed E-state index contributed by atoms with van der Waals surface area (Å²) in [7, 11) is 5.10. The molecule has 12 nitrogen and oxygen atoms in total. The molecule has 0 bridgehead atoms. The third kappa shape index (κ3) is 6.21. The summed E-state index contributed by atoms with van der Waals surface area (Å²) < 4.78 is 18.4. The summed E-state index contributed by atoms with van der Waals surface area (Å²) >= 11 is 1.16. The standard InChI is InChI=1S/C35H35N5O7S/c1-5-47-34(42)30-31(22-9-7-6-8-10-22)36-35-39(32(30)23-11-14-27(45-3)28(20-23)46-4)33(41)29(48-35)21-24-19-25(40(43)44)12-13-26(24)38-17-15-37(2)16-18-38/h6-14,19-21,32H,5,15-18H2,1-4H3/t32-/m0/s1. The summed E-state index contributed by atoms with van der Waals surface area (Å²) in [4.78, 5) is 49.3. The number of benzene rings is 3. The van der Waals surface area contributed by atoms with Gasteiger partial charge in [0.2, 0.25) is 0 Å².